The van der Waals surface area contributed by atoms with Crippen LogP contribution in [0, 0.1) is 0 Å². The molecule has 0 fully saturated rings. The van der Waals surface area contributed by atoms with Crippen LogP contribution in [0.5, 0.6) is 0 Å². The van der Waals surface area contributed by atoms with Gasteiger partial charge in [0.15, 0.2) is 0 Å². The third-order valence-electron chi connectivity index (χ3n) is 2.84. The number of halogens is 1. The first kappa shape index (κ1) is 19.4. The summed E-state index contributed by atoms with van der Waals surface area (Å²) in [5.41, 5.74) is 2.40. The van der Waals surface area contributed by atoms with E-state index in [0.717, 1.165) is 12.0 Å². The minimum Gasteiger partial charge on any atom is -0.509 e. The Labute approximate surface area is 132 Å². The Balaban J connectivity index is 4.94. The van der Waals surface area contributed by atoms with Gasteiger partial charge in [-0.1, -0.05) is 70.2 Å². The molecule has 0 unspecified atom stereocenters. The minimum absolute atomic E-state index is 0.105. The topological polar surface area (TPSA) is 20.2 Å². The fraction of sp³-hybridized carbons (Fsp3) is 0.100. The van der Waals surface area contributed by atoms with E-state index in [-0.39, 0.29) is 11.3 Å². The zero-order chi connectivity index (χ0) is 17.3. The molecule has 0 aliphatic heterocycles. The third-order valence-corrected chi connectivity index (χ3v) is 2.84. The SMILES string of the molecule is C=C(O)/C=C\C(=C)C(=C)/C(F)=C\C(=C)C(=C)/C=C\C(=C)CC. The molecule has 0 aromatic heterocycles. The molecule has 1 nitrogen and oxygen atoms in total. The highest BCUT2D eigenvalue weighted by Crippen LogP contribution is 2.22. The number of allylic oxidation sites excluding steroid dienone is 11. The van der Waals surface area contributed by atoms with Crippen molar-refractivity contribution in [2.45, 2.75) is 13.3 Å². The summed E-state index contributed by atoms with van der Waals surface area (Å²) in [6.07, 6.45) is 8.39. The molecule has 0 rings (SSSR count). The predicted octanol–water partition coefficient (Wildman–Crippen LogP) is 6.21. The van der Waals surface area contributed by atoms with E-state index in [2.05, 4.69) is 39.5 Å². The van der Waals surface area contributed by atoms with Crippen molar-refractivity contribution in [1.82, 2.24) is 0 Å². The first-order valence-corrected chi connectivity index (χ1v) is 6.74. The highest BCUT2D eigenvalue weighted by Gasteiger charge is 2.05. The Morgan fingerprint density at radius 2 is 1.41 bits per heavy atom. The Morgan fingerprint density at radius 1 is 0.864 bits per heavy atom. The van der Waals surface area contributed by atoms with Gasteiger partial charge in [0.25, 0.3) is 0 Å². The summed E-state index contributed by atoms with van der Waals surface area (Å²) in [6.45, 7) is 24.0. The number of aliphatic hydroxyl groups excluding tert-OH is 1. The predicted molar refractivity (Wildman–Crippen MR) is 95.2 cm³/mol. The van der Waals surface area contributed by atoms with Crippen molar-refractivity contribution in [2.24, 2.45) is 0 Å². The van der Waals surface area contributed by atoms with Crippen molar-refractivity contribution < 1.29 is 9.50 Å². The maximum absolute atomic E-state index is 14.1. The van der Waals surface area contributed by atoms with Crippen LogP contribution in [0.3, 0.4) is 0 Å². The Morgan fingerprint density at radius 3 is 1.91 bits per heavy atom. The van der Waals surface area contributed by atoms with Crippen LogP contribution in [0.4, 0.5) is 4.39 Å². The molecule has 0 spiro atoms. The van der Waals surface area contributed by atoms with Crippen molar-refractivity contribution >= 4 is 0 Å². The van der Waals surface area contributed by atoms with Crippen LogP contribution in [0.1, 0.15) is 13.3 Å². The van der Waals surface area contributed by atoms with E-state index in [0.29, 0.717) is 16.7 Å². The molecule has 2 heteroatoms. The molecule has 0 saturated heterocycles. The summed E-state index contributed by atoms with van der Waals surface area (Å²) >= 11 is 0. The van der Waals surface area contributed by atoms with Gasteiger partial charge in [-0.15, -0.1) is 0 Å². The molecule has 0 amide bonds. The normalized spacial score (nSPS) is 11.6. The second kappa shape index (κ2) is 9.35. The molecule has 0 saturated carbocycles. The number of aliphatic hydroxyl groups is 1. The van der Waals surface area contributed by atoms with Gasteiger partial charge in [0.05, 0.1) is 0 Å². The largest absolute Gasteiger partial charge is 0.509 e. The van der Waals surface area contributed by atoms with Gasteiger partial charge in [-0.25, -0.2) is 4.39 Å². The third kappa shape index (κ3) is 7.25. The summed E-state index contributed by atoms with van der Waals surface area (Å²) in [7, 11) is 0. The van der Waals surface area contributed by atoms with Gasteiger partial charge in [0.2, 0.25) is 0 Å². The zero-order valence-electron chi connectivity index (χ0n) is 13.2. The molecule has 22 heavy (non-hydrogen) atoms. The molecule has 0 radical (unpaired) electrons. The second-order valence-electron chi connectivity index (χ2n) is 4.72. The van der Waals surface area contributed by atoms with Crippen LogP contribution in [0.15, 0.2) is 109 Å². The summed E-state index contributed by atoms with van der Waals surface area (Å²) in [4.78, 5) is 0. The average molecular weight is 298 g/mol. The van der Waals surface area contributed by atoms with Crippen molar-refractivity contribution in [1.29, 1.82) is 0 Å². The minimum atomic E-state index is -0.563. The molecule has 0 aliphatic carbocycles. The summed E-state index contributed by atoms with van der Waals surface area (Å²) < 4.78 is 14.1. The average Bonchev–Trinajstić information content (AvgIpc) is 2.48. The highest BCUT2D eigenvalue weighted by atomic mass is 19.1. The molecule has 0 bridgehead atoms. The van der Waals surface area contributed by atoms with E-state index in [4.69, 9.17) is 5.11 Å². The summed E-state index contributed by atoms with van der Waals surface area (Å²) in [5, 5.41) is 8.96. The van der Waals surface area contributed by atoms with Crippen LogP contribution >= 0.6 is 0 Å². The van der Waals surface area contributed by atoms with Crippen LogP contribution in [-0.2, 0) is 0 Å². The lowest BCUT2D eigenvalue weighted by Gasteiger charge is -2.05. The van der Waals surface area contributed by atoms with Gasteiger partial charge in [-0.3, -0.25) is 0 Å². The standard InChI is InChI=1S/C20H23FO/c1-8-14(2)9-10-15(3)17(5)13-20(21)19(7)16(4)11-12-18(6)22/h9-13,22H,2-8H2,1H3/b10-9-,12-11-,20-13+. The second-order valence-corrected chi connectivity index (χ2v) is 4.72. The van der Waals surface area contributed by atoms with Crippen molar-refractivity contribution in [3.8, 4) is 0 Å². The molecule has 0 aliphatic rings. The lowest BCUT2D eigenvalue weighted by Crippen LogP contribution is -1.88. The quantitative estimate of drug-likeness (QED) is 0.396. The van der Waals surface area contributed by atoms with Crippen molar-refractivity contribution in [2.75, 3.05) is 0 Å². The molecule has 0 atom stereocenters. The van der Waals surface area contributed by atoms with E-state index in [1.807, 2.05) is 13.0 Å². The first-order valence-electron chi connectivity index (χ1n) is 6.74. The Hall–Kier alpha value is -2.61. The van der Waals surface area contributed by atoms with Crippen LogP contribution in [0.2, 0.25) is 0 Å². The monoisotopic (exact) mass is 298 g/mol. The number of hydrogen-bond acceptors (Lipinski definition) is 1. The molecular weight excluding hydrogens is 275 g/mol. The lowest BCUT2D eigenvalue weighted by atomic mass is 10.0. The molecular formula is C20H23FO. The van der Waals surface area contributed by atoms with Crippen LogP contribution in [0.25, 0.3) is 0 Å². The number of hydrogen-bond donors (Lipinski definition) is 1. The summed E-state index contributed by atoms with van der Waals surface area (Å²) in [6, 6.07) is 0. The Bertz CT molecular complexity index is 610. The summed E-state index contributed by atoms with van der Waals surface area (Å²) in [5.74, 6) is -0.704. The Kier molecular flexibility index (Phi) is 8.24. The van der Waals surface area contributed by atoms with Crippen LogP contribution in [-0.4, -0.2) is 5.11 Å². The zero-order valence-corrected chi connectivity index (χ0v) is 13.2. The lowest BCUT2D eigenvalue weighted by molar-refractivity contribution is 0.435. The van der Waals surface area contributed by atoms with E-state index in [1.165, 1.54) is 18.2 Å². The number of rotatable bonds is 9. The van der Waals surface area contributed by atoms with E-state index in [9.17, 15) is 4.39 Å². The van der Waals surface area contributed by atoms with E-state index < -0.39 is 5.83 Å². The van der Waals surface area contributed by atoms with Gasteiger partial charge >= 0.3 is 0 Å². The highest BCUT2D eigenvalue weighted by molar-refractivity contribution is 5.52. The maximum Gasteiger partial charge on any atom is 0.131 e. The maximum atomic E-state index is 14.1. The van der Waals surface area contributed by atoms with Crippen molar-refractivity contribution in [3.63, 3.8) is 0 Å². The van der Waals surface area contributed by atoms with Gasteiger partial charge in [0.1, 0.15) is 11.6 Å². The molecule has 0 aromatic rings. The van der Waals surface area contributed by atoms with E-state index >= 15 is 0 Å². The molecule has 1 N–H and O–H groups in total. The smallest absolute Gasteiger partial charge is 0.131 e. The van der Waals surface area contributed by atoms with Gasteiger partial charge in [0, 0.05) is 5.57 Å². The molecule has 0 heterocycles. The van der Waals surface area contributed by atoms with Gasteiger partial charge in [-0.05, 0) is 35.3 Å². The van der Waals surface area contributed by atoms with Crippen LogP contribution < -0.4 is 0 Å². The van der Waals surface area contributed by atoms with Crippen molar-refractivity contribution in [3.05, 3.63) is 109 Å². The fourth-order valence-electron chi connectivity index (χ4n) is 1.23. The van der Waals surface area contributed by atoms with Gasteiger partial charge < -0.3 is 5.11 Å². The fourth-order valence-corrected chi connectivity index (χ4v) is 1.23. The molecule has 0 aromatic carbocycles. The molecule has 116 valence electrons. The van der Waals surface area contributed by atoms with Gasteiger partial charge in [-0.2, -0.15) is 0 Å². The van der Waals surface area contributed by atoms with E-state index in [1.54, 1.807) is 6.08 Å². The first-order chi connectivity index (χ1) is 10.2.